The van der Waals surface area contributed by atoms with Crippen molar-refractivity contribution in [3.05, 3.63) is 0 Å². The third-order valence-corrected chi connectivity index (χ3v) is 8.55. The van der Waals surface area contributed by atoms with Crippen LogP contribution in [0.3, 0.4) is 0 Å². The number of hydrogen-bond donors (Lipinski definition) is 1. The third kappa shape index (κ3) is 20.2. The van der Waals surface area contributed by atoms with E-state index in [2.05, 4.69) is 38.0 Å². The topological polar surface area (TPSA) is 67.8 Å². The Hall–Kier alpha value is -1.35. The molecule has 1 aliphatic rings. The zero-order valence-corrected chi connectivity index (χ0v) is 26.4. The predicted octanol–water partition coefficient (Wildman–Crippen LogP) is 10.5. The minimum absolute atomic E-state index is 0.0107. The molecule has 228 valence electrons. The van der Waals surface area contributed by atoms with Crippen LogP contribution < -0.4 is 5.32 Å². The molecule has 1 rings (SSSR count). The van der Waals surface area contributed by atoms with E-state index < -0.39 is 0 Å². The Balaban J connectivity index is 1.87. The highest BCUT2D eigenvalue weighted by molar-refractivity contribution is 5.67. The number of hydrogen-bond acceptors (Lipinski definition) is 4. The van der Waals surface area contributed by atoms with Gasteiger partial charge in [0.15, 0.2) is 0 Å². The molecule has 1 N–H and O–H groups in total. The Morgan fingerprint density at radius 3 is 1.62 bits per heavy atom. The zero-order valence-electron chi connectivity index (χ0n) is 26.4. The molecule has 0 aromatic rings. The summed E-state index contributed by atoms with van der Waals surface area (Å²) in [4.78, 5) is 26.9. The first kappa shape index (κ1) is 35.7. The van der Waals surface area contributed by atoms with Gasteiger partial charge in [-0.25, -0.2) is 14.6 Å². The van der Waals surface area contributed by atoms with Gasteiger partial charge in [0.2, 0.25) is 6.08 Å². The number of nitrogens with one attached hydrogen (secondary N) is 1. The Kier molecular flexibility index (Phi) is 20.4. The fraction of sp³-hybridized carbons (Fsp3) is 0.941. The van der Waals surface area contributed by atoms with Crippen LogP contribution in [0, 0.1) is 10.8 Å². The molecule has 1 fully saturated rings. The fourth-order valence-corrected chi connectivity index (χ4v) is 6.74. The van der Waals surface area contributed by atoms with Crippen LogP contribution in [-0.4, -0.2) is 31.4 Å². The molecule has 0 aliphatic heterocycles. The van der Waals surface area contributed by atoms with E-state index in [4.69, 9.17) is 4.74 Å². The van der Waals surface area contributed by atoms with Gasteiger partial charge in [0, 0.05) is 6.54 Å². The summed E-state index contributed by atoms with van der Waals surface area (Å²) in [5, 5.41) is 2.95. The smallest absolute Gasteiger partial charge is 0.407 e. The van der Waals surface area contributed by atoms with Crippen molar-refractivity contribution in [3.8, 4) is 0 Å². The van der Waals surface area contributed by atoms with Crippen LogP contribution in [0.4, 0.5) is 4.79 Å². The van der Waals surface area contributed by atoms with Crippen molar-refractivity contribution in [2.75, 3.05) is 13.2 Å². The molecule has 0 spiro atoms. The number of ether oxygens (including phenoxy) is 1. The van der Waals surface area contributed by atoms with Crippen LogP contribution in [0.2, 0.25) is 0 Å². The van der Waals surface area contributed by atoms with Gasteiger partial charge in [0.1, 0.15) is 0 Å². The SMILES string of the molecule is CCCCCCCCCCCCCCCCCCCCCCOC(=O)NCC1(C)CC(N=C=O)CC(C)(C)C1. The van der Waals surface area contributed by atoms with E-state index in [1.54, 1.807) is 6.08 Å². The monoisotopic (exact) mass is 548 g/mol. The summed E-state index contributed by atoms with van der Waals surface area (Å²) in [6.45, 7) is 9.91. The Labute approximate surface area is 242 Å². The normalized spacial score (nSPS) is 20.4. The van der Waals surface area contributed by atoms with Crippen molar-refractivity contribution < 1.29 is 14.3 Å². The van der Waals surface area contributed by atoms with E-state index in [1.807, 2.05) is 0 Å². The van der Waals surface area contributed by atoms with Gasteiger partial charge in [-0.2, -0.15) is 0 Å². The van der Waals surface area contributed by atoms with Crippen LogP contribution in [-0.2, 0) is 9.53 Å². The molecule has 39 heavy (non-hydrogen) atoms. The number of isocyanates is 1. The van der Waals surface area contributed by atoms with Crippen LogP contribution in [0.1, 0.15) is 175 Å². The first-order valence-corrected chi connectivity index (χ1v) is 16.8. The van der Waals surface area contributed by atoms with E-state index in [-0.39, 0.29) is 23.0 Å². The number of nitrogens with zero attached hydrogens (tertiary/aromatic N) is 1. The van der Waals surface area contributed by atoms with Crippen molar-refractivity contribution in [2.24, 2.45) is 15.8 Å². The average Bonchev–Trinajstić information content (AvgIpc) is 2.87. The maximum atomic E-state index is 12.2. The van der Waals surface area contributed by atoms with Crippen LogP contribution in [0.25, 0.3) is 0 Å². The quantitative estimate of drug-likeness (QED) is 0.0741. The molecule has 5 nitrogen and oxygen atoms in total. The lowest BCUT2D eigenvalue weighted by atomic mass is 9.63. The van der Waals surface area contributed by atoms with E-state index in [0.29, 0.717) is 13.2 Å². The van der Waals surface area contributed by atoms with Gasteiger partial charge in [-0.1, -0.05) is 150 Å². The number of unbranched alkanes of at least 4 members (excludes halogenated alkanes) is 19. The molecule has 5 heteroatoms. The lowest BCUT2D eigenvalue weighted by Crippen LogP contribution is -2.44. The fourth-order valence-electron chi connectivity index (χ4n) is 6.74. The maximum absolute atomic E-state index is 12.2. The number of alkyl carbamates (subject to hydrolysis) is 1. The summed E-state index contributed by atoms with van der Waals surface area (Å²) in [6.07, 6.45) is 31.3. The number of amides is 1. The number of rotatable bonds is 24. The van der Waals surface area contributed by atoms with Gasteiger partial charge in [0.25, 0.3) is 0 Å². The second-order valence-corrected chi connectivity index (χ2v) is 13.6. The van der Waals surface area contributed by atoms with Gasteiger partial charge in [0.05, 0.1) is 12.6 Å². The molecule has 0 heterocycles. The van der Waals surface area contributed by atoms with Gasteiger partial charge < -0.3 is 10.1 Å². The van der Waals surface area contributed by atoms with E-state index in [0.717, 1.165) is 32.1 Å². The maximum Gasteiger partial charge on any atom is 0.407 e. The predicted molar refractivity (Wildman–Crippen MR) is 165 cm³/mol. The van der Waals surface area contributed by atoms with E-state index >= 15 is 0 Å². The van der Waals surface area contributed by atoms with Gasteiger partial charge >= 0.3 is 6.09 Å². The lowest BCUT2D eigenvalue weighted by molar-refractivity contribution is 0.0782. The Morgan fingerprint density at radius 1 is 0.744 bits per heavy atom. The minimum atomic E-state index is -0.326. The molecule has 2 atom stereocenters. The van der Waals surface area contributed by atoms with Crippen LogP contribution >= 0.6 is 0 Å². The molecule has 0 bridgehead atoms. The molecule has 1 aliphatic carbocycles. The third-order valence-electron chi connectivity index (χ3n) is 8.55. The summed E-state index contributed by atoms with van der Waals surface area (Å²) in [7, 11) is 0. The molecule has 0 radical (unpaired) electrons. The zero-order chi connectivity index (χ0) is 28.7. The number of aliphatic imine (C=N–C) groups is 1. The molecule has 1 amide bonds. The standard InChI is InChI=1S/C34H64N2O3/c1-5-6-7-8-9-10-11-12-13-14-15-16-17-18-19-20-21-22-23-24-25-39-32(38)35-29-34(4)27-31(36-30-37)26-33(2,3)28-34/h31H,5-29H2,1-4H3,(H,35,38). The molecule has 0 aromatic heterocycles. The second-order valence-electron chi connectivity index (χ2n) is 13.6. The van der Waals surface area contributed by atoms with Crippen molar-refractivity contribution >= 4 is 12.2 Å². The Morgan fingerprint density at radius 2 is 1.18 bits per heavy atom. The first-order valence-electron chi connectivity index (χ1n) is 16.8. The minimum Gasteiger partial charge on any atom is -0.450 e. The summed E-state index contributed by atoms with van der Waals surface area (Å²) >= 11 is 0. The molecule has 0 saturated heterocycles. The molecule has 2 unspecified atom stereocenters. The molecular formula is C34H64N2O3. The van der Waals surface area contributed by atoms with Gasteiger partial charge in [-0.3, -0.25) is 0 Å². The van der Waals surface area contributed by atoms with Gasteiger partial charge in [-0.15, -0.1) is 0 Å². The van der Waals surface area contributed by atoms with Crippen molar-refractivity contribution in [2.45, 2.75) is 181 Å². The molecule has 1 saturated carbocycles. The highest BCUT2D eigenvalue weighted by Crippen LogP contribution is 2.46. The average molecular weight is 549 g/mol. The second kappa shape index (κ2) is 22.4. The highest BCUT2D eigenvalue weighted by atomic mass is 16.5. The number of carbonyl (C=O) groups is 1. The number of carbonyl (C=O) groups excluding carboxylic acids is 2. The van der Waals surface area contributed by atoms with E-state index in [1.165, 1.54) is 116 Å². The van der Waals surface area contributed by atoms with Gasteiger partial charge in [-0.05, 0) is 36.5 Å². The summed E-state index contributed by atoms with van der Waals surface area (Å²) in [5.41, 5.74) is 0.00869. The largest absolute Gasteiger partial charge is 0.450 e. The van der Waals surface area contributed by atoms with Crippen molar-refractivity contribution in [1.82, 2.24) is 5.32 Å². The summed E-state index contributed by atoms with van der Waals surface area (Å²) in [6, 6.07) is -0.0107. The Bertz CT molecular complexity index is 659. The van der Waals surface area contributed by atoms with Crippen LogP contribution in [0.5, 0.6) is 0 Å². The van der Waals surface area contributed by atoms with Crippen LogP contribution in [0.15, 0.2) is 4.99 Å². The molecular weight excluding hydrogens is 484 g/mol. The highest BCUT2D eigenvalue weighted by Gasteiger charge is 2.41. The van der Waals surface area contributed by atoms with Crippen molar-refractivity contribution in [1.29, 1.82) is 0 Å². The van der Waals surface area contributed by atoms with E-state index in [9.17, 15) is 9.59 Å². The molecule has 0 aromatic carbocycles. The first-order chi connectivity index (χ1) is 18.8. The van der Waals surface area contributed by atoms with Crippen molar-refractivity contribution in [3.63, 3.8) is 0 Å². The lowest BCUT2D eigenvalue weighted by Gasteiger charge is -2.45. The summed E-state index contributed by atoms with van der Waals surface area (Å²) in [5.74, 6) is 0. The summed E-state index contributed by atoms with van der Waals surface area (Å²) < 4.78 is 5.41.